The smallest absolute Gasteiger partial charge is 0.254 e. The van der Waals surface area contributed by atoms with Gasteiger partial charge in [-0.15, -0.1) is 0 Å². The zero-order valence-electron chi connectivity index (χ0n) is 13.6. The van der Waals surface area contributed by atoms with Crippen LogP contribution in [0.4, 0.5) is 5.69 Å². The van der Waals surface area contributed by atoms with Crippen LogP contribution in [0.25, 0.3) is 0 Å². The van der Waals surface area contributed by atoms with Crippen molar-refractivity contribution in [1.82, 2.24) is 9.80 Å². The van der Waals surface area contributed by atoms with E-state index in [1.165, 1.54) is 0 Å². The van der Waals surface area contributed by atoms with Gasteiger partial charge in [-0.05, 0) is 45.2 Å². The molecule has 0 bridgehead atoms. The Hall–Kier alpha value is -1.88. The van der Waals surface area contributed by atoms with Crippen LogP contribution in [0.2, 0.25) is 0 Å². The highest BCUT2D eigenvalue weighted by Crippen LogP contribution is 2.21. The summed E-state index contributed by atoms with van der Waals surface area (Å²) in [4.78, 5) is 16.9. The molecular weight excluding hydrogens is 276 g/mol. The largest absolute Gasteiger partial charge is 0.333 e. The third-order valence-corrected chi connectivity index (χ3v) is 4.48. The van der Waals surface area contributed by atoms with Crippen LogP contribution in [0, 0.1) is 0 Å². The van der Waals surface area contributed by atoms with Crippen LogP contribution in [-0.4, -0.2) is 60.7 Å². The van der Waals surface area contributed by atoms with E-state index in [1.807, 2.05) is 41.1 Å². The van der Waals surface area contributed by atoms with Gasteiger partial charge >= 0.3 is 0 Å². The lowest BCUT2D eigenvalue weighted by atomic mass is 10.1. The number of benzene rings is 1. The van der Waals surface area contributed by atoms with E-state index in [0.717, 1.165) is 49.6 Å². The first-order valence-corrected chi connectivity index (χ1v) is 7.96. The summed E-state index contributed by atoms with van der Waals surface area (Å²) in [7, 11) is 2.10. The maximum atomic E-state index is 12.7. The van der Waals surface area contributed by atoms with E-state index < -0.39 is 0 Å². The topological polar surface area (TPSA) is 39.2 Å². The Balaban J connectivity index is 1.71. The number of nitrogens with zero attached hydrogens (tertiary/aromatic N) is 4. The molecule has 5 heteroatoms. The van der Waals surface area contributed by atoms with Gasteiger partial charge in [-0.2, -0.15) is 5.10 Å². The van der Waals surface area contributed by atoms with Gasteiger partial charge in [-0.1, -0.05) is 0 Å². The molecule has 3 rings (SSSR count). The van der Waals surface area contributed by atoms with Crippen LogP contribution in [0.15, 0.2) is 29.4 Å². The van der Waals surface area contributed by atoms with Gasteiger partial charge in [-0.3, -0.25) is 9.80 Å². The molecule has 0 radical (unpaired) electrons. The number of likely N-dealkylation sites (N-methyl/N-ethyl adjacent to an activating group) is 1. The molecule has 0 spiro atoms. The predicted molar refractivity (Wildman–Crippen MR) is 89.5 cm³/mol. The summed E-state index contributed by atoms with van der Waals surface area (Å²) >= 11 is 0. The SMILES string of the molecule is CC1=NN(c2ccc(C(=O)N3CCN(C)CC3C)cc2)CC1. The first-order valence-electron chi connectivity index (χ1n) is 7.96. The lowest BCUT2D eigenvalue weighted by Gasteiger charge is -2.38. The second kappa shape index (κ2) is 6.08. The number of hydrogen-bond donors (Lipinski definition) is 0. The van der Waals surface area contributed by atoms with Crippen LogP contribution >= 0.6 is 0 Å². The Kier molecular flexibility index (Phi) is 4.16. The zero-order chi connectivity index (χ0) is 15.7. The van der Waals surface area contributed by atoms with Gasteiger partial charge < -0.3 is 9.80 Å². The van der Waals surface area contributed by atoms with Gasteiger partial charge in [0.05, 0.1) is 5.69 Å². The summed E-state index contributed by atoms with van der Waals surface area (Å²) in [6.07, 6.45) is 1.01. The molecule has 0 N–H and O–H groups in total. The summed E-state index contributed by atoms with van der Waals surface area (Å²) < 4.78 is 0. The Morgan fingerprint density at radius 2 is 1.91 bits per heavy atom. The standard InChI is InChI=1S/C17H24N4O/c1-13-8-9-21(18-13)16-6-4-15(5-7-16)17(22)20-11-10-19(3)12-14(20)2/h4-7,14H,8-12H2,1-3H3. The normalized spacial score (nSPS) is 22.9. The fraction of sp³-hybridized carbons (Fsp3) is 0.529. The van der Waals surface area contributed by atoms with Crippen LogP contribution in [0.1, 0.15) is 30.6 Å². The Bertz CT molecular complexity index is 581. The van der Waals surface area contributed by atoms with Crippen molar-refractivity contribution in [3.63, 3.8) is 0 Å². The zero-order valence-corrected chi connectivity index (χ0v) is 13.6. The van der Waals surface area contributed by atoms with Gasteiger partial charge in [0.1, 0.15) is 0 Å². The highest BCUT2D eigenvalue weighted by molar-refractivity contribution is 5.95. The van der Waals surface area contributed by atoms with Gasteiger partial charge in [0.25, 0.3) is 5.91 Å². The monoisotopic (exact) mass is 300 g/mol. The first-order chi connectivity index (χ1) is 10.5. The fourth-order valence-corrected chi connectivity index (χ4v) is 3.14. The van der Waals surface area contributed by atoms with Crippen LogP contribution in [-0.2, 0) is 0 Å². The van der Waals surface area contributed by atoms with Crippen molar-refractivity contribution >= 4 is 17.3 Å². The quantitative estimate of drug-likeness (QED) is 0.839. The van der Waals surface area contributed by atoms with Crippen molar-refractivity contribution in [2.24, 2.45) is 5.10 Å². The van der Waals surface area contributed by atoms with Gasteiger partial charge in [0.15, 0.2) is 0 Å². The number of hydrogen-bond acceptors (Lipinski definition) is 4. The summed E-state index contributed by atoms with van der Waals surface area (Å²) in [6, 6.07) is 8.10. The van der Waals surface area contributed by atoms with E-state index in [9.17, 15) is 4.79 Å². The van der Waals surface area contributed by atoms with Crippen molar-refractivity contribution in [2.45, 2.75) is 26.3 Å². The molecule has 0 aliphatic carbocycles. The predicted octanol–water partition coefficient (Wildman–Crippen LogP) is 2.05. The number of anilines is 1. The third kappa shape index (κ3) is 2.99. The molecular formula is C17H24N4O. The maximum Gasteiger partial charge on any atom is 0.254 e. The van der Waals surface area contributed by atoms with Crippen molar-refractivity contribution in [2.75, 3.05) is 38.2 Å². The summed E-state index contributed by atoms with van der Waals surface area (Å²) in [5.74, 6) is 0.133. The van der Waals surface area contributed by atoms with Gasteiger partial charge in [0, 0.05) is 49.9 Å². The van der Waals surface area contributed by atoms with E-state index >= 15 is 0 Å². The molecule has 2 aliphatic rings. The minimum absolute atomic E-state index is 0.133. The molecule has 0 aromatic heterocycles. The number of carbonyl (C=O) groups excluding carboxylic acids is 1. The number of amides is 1. The highest BCUT2D eigenvalue weighted by atomic mass is 16.2. The summed E-state index contributed by atoms with van der Waals surface area (Å²) in [5.41, 5.74) is 2.98. The van der Waals surface area contributed by atoms with Gasteiger partial charge in [-0.25, -0.2) is 0 Å². The molecule has 1 amide bonds. The highest BCUT2D eigenvalue weighted by Gasteiger charge is 2.26. The van der Waals surface area contributed by atoms with Crippen LogP contribution in [0.3, 0.4) is 0 Å². The molecule has 118 valence electrons. The molecule has 1 aromatic rings. The average molecular weight is 300 g/mol. The molecule has 2 heterocycles. The molecule has 1 saturated heterocycles. The average Bonchev–Trinajstić information content (AvgIpc) is 2.93. The molecule has 5 nitrogen and oxygen atoms in total. The lowest BCUT2D eigenvalue weighted by molar-refractivity contribution is 0.0533. The van der Waals surface area contributed by atoms with Crippen LogP contribution in [0.5, 0.6) is 0 Å². The van der Waals surface area contributed by atoms with Gasteiger partial charge in [0.2, 0.25) is 0 Å². The molecule has 1 atom stereocenters. The number of rotatable bonds is 2. The molecule has 22 heavy (non-hydrogen) atoms. The number of piperazine rings is 1. The van der Waals surface area contributed by atoms with E-state index in [4.69, 9.17) is 0 Å². The van der Waals surface area contributed by atoms with Crippen molar-refractivity contribution in [3.05, 3.63) is 29.8 Å². The Morgan fingerprint density at radius 3 is 2.50 bits per heavy atom. The van der Waals surface area contributed by atoms with Crippen LogP contribution < -0.4 is 5.01 Å². The van der Waals surface area contributed by atoms with E-state index in [2.05, 4.69) is 24.0 Å². The number of hydrazone groups is 1. The van der Waals surface area contributed by atoms with E-state index in [-0.39, 0.29) is 11.9 Å². The summed E-state index contributed by atoms with van der Waals surface area (Å²) in [5, 5.41) is 6.49. The second-order valence-electron chi connectivity index (χ2n) is 6.37. The molecule has 1 fully saturated rings. The molecule has 1 aromatic carbocycles. The Labute approximate surface area is 132 Å². The minimum Gasteiger partial charge on any atom is -0.333 e. The minimum atomic E-state index is 0.133. The molecule has 2 aliphatic heterocycles. The maximum absolute atomic E-state index is 12.7. The summed E-state index contributed by atoms with van der Waals surface area (Å²) in [6.45, 7) is 7.76. The van der Waals surface area contributed by atoms with Crippen molar-refractivity contribution in [3.8, 4) is 0 Å². The lowest BCUT2D eigenvalue weighted by Crippen LogP contribution is -2.52. The number of carbonyl (C=O) groups is 1. The van der Waals surface area contributed by atoms with E-state index in [1.54, 1.807) is 0 Å². The second-order valence-corrected chi connectivity index (χ2v) is 6.37. The van der Waals surface area contributed by atoms with Crippen molar-refractivity contribution < 1.29 is 4.79 Å². The van der Waals surface area contributed by atoms with Crippen molar-refractivity contribution in [1.29, 1.82) is 0 Å². The first kappa shape index (κ1) is 15.0. The molecule has 1 unspecified atom stereocenters. The fourth-order valence-electron chi connectivity index (χ4n) is 3.14. The van der Waals surface area contributed by atoms with E-state index in [0.29, 0.717) is 0 Å². The third-order valence-electron chi connectivity index (χ3n) is 4.48. The Morgan fingerprint density at radius 1 is 1.18 bits per heavy atom. The molecule has 0 saturated carbocycles.